The van der Waals surface area contributed by atoms with Crippen LogP contribution >= 0.6 is 11.6 Å². The first-order valence-corrected chi connectivity index (χ1v) is 17.9. The van der Waals surface area contributed by atoms with Crippen molar-refractivity contribution in [3.63, 3.8) is 0 Å². The number of anilines is 1. The average Bonchev–Trinajstić information content (AvgIpc) is 3.47. The predicted molar refractivity (Wildman–Crippen MR) is 157 cm³/mol. The predicted octanol–water partition coefficient (Wildman–Crippen LogP) is 6.42. The molecule has 2 aliphatic rings. The second-order valence-electron chi connectivity index (χ2n) is 12.5. The van der Waals surface area contributed by atoms with Crippen LogP contribution in [0.25, 0.3) is 33.3 Å². The zero-order valence-electron chi connectivity index (χ0n) is 23.3. The number of fused-ring (bicyclic) bond motifs is 4. The smallest absolute Gasteiger partial charge is 0.181 e. The highest BCUT2D eigenvalue weighted by atomic mass is 35.5. The first-order chi connectivity index (χ1) is 18.1. The number of ether oxygens (including phenoxy) is 1. The lowest BCUT2D eigenvalue weighted by atomic mass is 9.92. The molecule has 202 valence electrons. The molecule has 0 N–H and O–H groups in total. The fourth-order valence-electron chi connectivity index (χ4n) is 6.26. The van der Waals surface area contributed by atoms with Crippen LogP contribution < -0.4 is 4.90 Å². The molecule has 0 radical (unpaired) electrons. The molecule has 0 spiro atoms. The minimum atomic E-state index is -1.20. The number of hydrogen-bond donors (Lipinski definition) is 0. The summed E-state index contributed by atoms with van der Waals surface area (Å²) in [6.45, 7) is 12.6. The number of aromatic nitrogens is 6. The van der Waals surface area contributed by atoms with Crippen LogP contribution in [-0.4, -0.2) is 56.3 Å². The molecule has 38 heavy (non-hydrogen) atoms. The van der Waals surface area contributed by atoms with E-state index in [0.29, 0.717) is 23.8 Å². The standard InChI is InChI=1S/C28H38ClN7OSi/c1-17-13-19-7-8-20(14-17)36(19)27-18(2)30-26-25(21-9-10-23-22(24(21)29)15-34(3)32-23)33-35(28(26)31-27)16-37-11-12-38(4,5)6/h9-10,15,17,19-20H,7-8,11-14,16H2,1-6H3/t17?,19-,20+. The van der Waals surface area contributed by atoms with E-state index in [9.17, 15) is 0 Å². The molecule has 3 aromatic heterocycles. The second kappa shape index (κ2) is 9.61. The van der Waals surface area contributed by atoms with E-state index in [1.807, 2.05) is 30.1 Å². The second-order valence-corrected chi connectivity index (χ2v) is 18.5. The molecule has 2 saturated heterocycles. The molecule has 8 nitrogen and oxygen atoms in total. The van der Waals surface area contributed by atoms with Gasteiger partial charge in [-0.1, -0.05) is 38.2 Å². The number of aryl methyl sites for hydroxylation is 2. The van der Waals surface area contributed by atoms with E-state index in [0.717, 1.165) is 63.4 Å². The summed E-state index contributed by atoms with van der Waals surface area (Å²) in [5.74, 6) is 1.77. The van der Waals surface area contributed by atoms with Crippen molar-refractivity contribution in [2.75, 3.05) is 11.5 Å². The van der Waals surface area contributed by atoms with Gasteiger partial charge in [0.25, 0.3) is 0 Å². The summed E-state index contributed by atoms with van der Waals surface area (Å²) >= 11 is 6.94. The van der Waals surface area contributed by atoms with Gasteiger partial charge in [0.15, 0.2) is 11.5 Å². The van der Waals surface area contributed by atoms with Gasteiger partial charge >= 0.3 is 0 Å². The molecule has 1 aromatic carbocycles. The Bertz CT molecular complexity index is 1490. The number of hydrogen-bond acceptors (Lipinski definition) is 6. The third kappa shape index (κ3) is 4.62. The number of rotatable bonds is 7. The monoisotopic (exact) mass is 551 g/mol. The first kappa shape index (κ1) is 25.8. The van der Waals surface area contributed by atoms with Gasteiger partial charge in [0.1, 0.15) is 17.9 Å². The lowest BCUT2D eigenvalue weighted by molar-refractivity contribution is 0.0814. The third-order valence-corrected chi connectivity index (χ3v) is 10.2. The fourth-order valence-corrected chi connectivity index (χ4v) is 7.31. The van der Waals surface area contributed by atoms with E-state index in [1.165, 1.54) is 25.7 Å². The number of halogens is 1. The Morgan fingerprint density at radius 2 is 1.82 bits per heavy atom. The molecule has 0 aliphatic carbocycles. The van der Waals surface area contributed by atoms with E-state index in [-0.39, 0.29) is 0 Å². The zero-order chi connectivity index (χ0) is 26.8. The highest BCUT2D eigenvalue weighted by Gasteiger charge is 2.41. The highest BCUT2D eigenvalue weighted by Crippen LogP contribution is 2.43. The fraction of sp³-hybridized carbons (Fsp3) is 0.571. The minimum absolute atomic E-state index is 0.342. The Labute approximate surface area is 230 Å². The van der Waals surface area contributed by atoms with Crippen molar-refractivity contribution in [2.45, 2.75) is 84.0 Å². The van der Waals surface area contributed by atoms with Gasteiger partial charge in [-0.05, 0) is 56.7 Å². The Kier molecular flexibility index (Phi) is 6.51. The van der Waals surface area contributed by atoms with Crippen LogP contribution in [0.5, 0.6) is 0 Å². The molecule has 6 rings (SSSR count). The average molecular weight is 552 g/mol. The van der Waals surface area contributed by atoms with Gasteiger partial charge in [-0.3, -0.25) is 4.68 Å². The van der Waals surface area contributed by atoms with Crippen molar-refractivity contribution in [1.29, 1.82) is 0 Å². The zero-order valence-corrected chi connectivity index (χ0v) is 25.1. The van der Waals surface area contributed by atoms with Crippen LogP contribution in [0.4, 0.5) is 5.82 Å². The van der Waals surface area contributed by atoms with Crippen molar-refractivity contribution in [3.8, 4) is 11.3 Å². The summed E-state index contributed by atoms with van der Waals surface area (Å²) in [4.78, 5) is 13.0. The van der Waals surface area contributed by atoms with Crippen molar-refractivity contribution >= 4 is 47.6 Å². The molecule has 2 fully saturated rings. The maximum atomic E-state index is 6.94. The molecule has 5 heterocycles. The van der Waals surface area contributed by atoms with Crippen molar-refractivity contribution in [2.24, 2.45) is 13.0 Å². The Balaban J connectivity index is 1.45. The van der Waals surface area contributed by atoms with Crippen LogP contribution in [0.1, 0.15) is 38.3 Å². The first-order valence-electron chi connectivity index (χ1n) is 13.8. The van der Waals surface area contributed by atoms with Crippen LogP contribution in [0.3, 0.4) is 0 Å². The topological polar surface area (TPSA) is 73.9 Å². The van der Waals surface area contributed by atoms with Crippen LogP contribution in [-0.2, 0) is 18.5 Å². The molecule has 0 saturated carbocycles. The van der Waals surface area contributed by atoms with E-state index in [2.05, 4.69) is 43.5 Å². The van der Waals surface area contributed by atoms with Gasteiger partial charge in [-0.25, -0.2) is 14.6 Å². The molecule has 4 aromatic rings. The quantitative estimate of drug-likeness (QED) is 0.195. The van der Waals surface area contributed by atoms with Gasteiger partial charge in [0, 0.05) is 51.0 Å². The van der Waals surface area contributed by atoms with Crippen LogP contribution in [0.2, 0.25) is 30.7 Å². The van der Waals surface area contributed by atoms with Gasteiger partial charge in [0.2, 0.25) is 0 Å². The van der Waals surface area contributed by atoms with Gasteiger partial charge in [-0.2, -0.15) is 10.2 Å². The van der Waals surface area contributed by atoms with Crippen molar-refractivity contribution in [1.82, 2.24) is 29.5 Å². The lowest BCUT2D eigenvalue weighted by Gasteiger charge is -2.39. The SMILES string of the molecule is Cc1nc2c(-c3ccc4nn(C)cc4c3Cl)nn(COCC[Si](C)(C)C)c2nc1N1[C@@H]2CC[C@H]1CC(C)C2. The number of piperidine rings is 1. The van der Waals surface area contributed by atoms with Gasteiger partial charge < -0.3 is 9.64 Å². The Morgan fingerprint density at radius 1 is 1.08 bits per heavy atom. The van der Waals surface area contributed by atoms with Crippen LogP contribution in [0, 0.1) is 12.8 Å². The van der Waals surface area contributed by atoms with Crippen LogP contribution in [0.15, 0.2) is 18.3 Å². The van der Waals surface area contributed by atoms with Crippen molar-refractivity contribution in [3.05, 3.63) is 29.0 Å². The summed E-state index contributed by atoms with van der Waals surface area (Å²) in [7, 11) is 0.710. The largest absolute Gasteiger partial charge is 0.359 e. The summed E-state index contributed by atoms with van der Waals surface area (Å²) < 4.78 is 9.81. The lowest BCUT2D eigenvalue weighted by Crippen LogP contribution is -2.43. The van der Waals surface area contributed by atoms with Gasteiger partial charge in [-0.15, -0.1) is 0 Å². The van der Waals surface area contributed by atoms with E-state index in [4.69, 9.17) is 31.4 Å². The number of benzene rings is 1. The van der Waals surface area contributed by atoms with E-state index >= 15 is 0 Å². The molecular formula is C28H38ClN7OSi. The molecule has 10 heteroatoms. The normalized spacial score (nSPS) is 21.8. The Morgan fingerprint density at radius 3 is 2.53 bits per heavy atom. The third-order valence-electron chi connectivity index (χ3n) is 8.13. The summed E-state index contributed by atoms with van der Waals surface area (Å²) in [6, 6.07) is 6.18. The minimum Gasteiger partial charge on any atom is -0.359 e. The number of nitrogens with zero attached hydrogens (tertiary/aromatic N) is 7. The molecular weight excluding hydrogens is 514 g/mol. The molecule has 0 amide bonds. The molecule has 2 bridgehead atoms. The summed E-state index contributed by atoms with van der Waals surface area (Å²) in [5, 5.41) is 11.1. The molecule has 3 atom stereocenters. The van der Waals surface area contributed by atoms with E-state index in [1.54, 1.807) is 4.68 Å². The van der Waals surface area contributed by atoms with E-state index < -0.39 is 8.07 Å². The van der Waals surface area contributed by atoms with Gasteiger partial charge in [0.05, 0.1) is 16.2 Å². The summed E-state index contributed by atoms with van der Waals surface area (Å²) in [5.41, 5.74) is 4.91. The Hall–Kier alpha value is -2.49. The summed E-state index contributed by atoms with van der Waals surface area (Å²) in [6.07, 6.45) is 6.86. The maximum Gasteiger partial charge on any atom is 0.181 e. The highest BCUT2D eigenvalue weighted by molar-refractivity contribution is 6.76. The maximum absolute atomic E-state index is 6.94. The van der Waals surface area contributed by atoms with Crippen molar-refractivity contribution < 1.29 is 4.74 Å². The molecule has 1 unspecified atom stereocenters. The molecule has 2 aliphatic heterocycles.